The SMILES string of the molecule is CCS(=O)(=O)c1ccc2oc(-c3ccc4ccccc4c3O)nc2c1. The molecule has 5 nitrogen and oxygen atoms in total. The smallest absolute Gasteiger partial charge is 0.231 e. The van der Waals surface area contributed by atoms with E-state index in [1.165, 1.54) is 12.1 Å². The second-order valence-corrected chi connectivity index (χ2v) is 8.01. The van der Waals surface area contributed by atoms with Gasteiger partial charge in [0.15, 0.2) is 15.4 Å². The van der Waals surface area contributed by atoms with Crippen molar-refractivity contribution in [1.82, 2.24) is 4.98 Å². The molecular weight excluding hydrogens is 338 g/mol. The molecule has 6 heteroatoms. The molecule has 4 rings (SSSR count). The first kappa shape index (κ1) is 15.7. The lowest BCUT2D eigenvalue weighted by Gasteiger charge is -2.04. The molecule has 0 aliphatic heterocycles. The van der Waals surface area contributed by atoms with Gasteiger partial charge in [0.25, 0.3) is 0 Å². The van der Waals surface area contributed by atoms with Gasteiger partial charge in [-0.15, -0.1) is 0 Å². The van der Waals surface area contributed by atoms with Crippen LogP contribution in [0.3, 0.4) is 0 Å². The summed E-state index contributed by atoms with van der Waals surface area (Å²) in [6, 6.07) is 15.7. The lowest BCUT2D eigenvalue weighted by atomic mass is 10.1. The van der Waals surface area contributed by atoms with Crippen LogP contribution < -0.4 is 0 Å². The highest BCUT2D eigenvalue weighted by Crippen LogP contribution is 2.36. The molecule has 25 heavy (non-hydrogen) atoms. The largest absolute Gasteiger partial charge is 0.506 e. The molecule has 0 spiro atoms. The Labute approximate surface area is 144 Å². The first-order valence-corrected chi connectivity index (χ1v) is 9.49. The summed E-state index contributed by atoms with van der Waals surface area (Å²) in [6.45, 7) is 1.60. The third-order valence-electron chi connectivity index (χ3n) is 4.23. The number of hydrogen-bond donors (Lipinski definition) is 1. The standard InChI is InChI=1S/C19H15NO4S/c1-2-25(22,23)13-8-10-17-16(11-13)20-19(24-17)15-9-7-12-5-3-4-6-14(12)18(15)21/h3-11,21H,2H2,1H3. The van der Waals surface area contributed by atoms with E-state index < -0.39 is 9.84 Å². The number of aromatic hydroxyl groups is 1. The van der Waals surface area contributed by atoms with Crippen LogP contribution in [-0.2, 0) is 9.84 Å². The molecule has 1 N–H and O–H groups in total. The van der Waals surface area contributed by atoms with Crippen molar-refractivity contribution in [2.24, 2.45) is 0 Å². The molecule has 0 amide bonds. The first-order chi connectivity index (χ1) is 12.0. The number of aromatic nitrogens is 1. The number of rotatable bonds is 3. The second-order valence-electron chi connectivity index (χ2n) is 5.73. The molecule has 4 aromatic rings. The van der Waals surface area contributed by atoms with Crippen molar-refractivity contribution in [1.29, 1.82) is 0 Å². The molecule has 1 heterocycles. The molecule has 126 valence electrons. The second kappa shape index (κ2) is 5.60. The van der Waals surface area contributed by atoms with Gasteiger partial charge in [-0.1, -0.05) is 37.3 Å². The molecule has 0 saturated heterocycles. The predicted molar refractivity (Wildman–Crippen MR) is 96.3 cm³/mol. The monoisotopic (exact) mass is 353 g/mol. The van der Waals surface area contributed by atoms with Crippen molar-refractivity contribution in [3.8, 4) is 17.2 Å². The van der Waals surface area contributed by atoms with Gasteiger partial charge in [0, 0.05) is 5.39 Å². The zero-order chi connectivity index (χ0) is 17.6. The lowest BCUT2D eigenvalue weighted by Crippen LogP contribution is -2.03. The quantitative estimate of drug-likeness (QED) is 0.598. The summed E-state index contributed by atoms with van der Waals surface area (Å²) >= 11 is 0. The van der Waals surface area contributed by atoms with Crippen LogP contribution in [-0.4, -0.2) is 24.3 Å². The topological polar surface area (TPSA) is 80.4 Å². The summed E-state index contributed by atoms with van der Waals surface area (Å²) in [5.41, 5.74) is 1.38. The van der Waals surface area contributed by atoms with Crippen LogP contribution in [0.15, 0.2) is 63.9 Å². The Morgan fingerprint density at radius 2 is 1.88 bits per heavy atom. The molecule has 0 bridgehead atoms. The van der Waals surface area contributed by atoms with Crippen LogP contribution >= 0.6 is 0 Å². The van der Waals surface area contributed by atoms with Gasteiger partial charge in [0.05, 0.1) is 16.2 Å². The highest BCUT2D eigenvalue weighted by molar-refractivity contribution is 7.91. The summed E-state index contributed by atoms with van der Waals surface area (Å²) < 4.78 is 29.8. The minimum Gasteiger partial charge on any atom is -0.506 e. The van der Waals surface area contributed by atoms with Gasteiger partial charge in [0.2, 0.25) is 5.89 Å². The third-order valence-corrected chi connectivity index (χ3v) is 5.96. The fourth-order valence-electron chi connectivity index (χ4n) is 2.81. The summed E-state index contributed by atoms with van der Waals surface area (Å²) in [6.07, 6.45) is 0. The van der Waals surface area contributed by atoms with E-state index in [9.17, 15) is 13.5 Å². The number of fused-ring (bicyclic) bond motifs is 2. The lowest BCUT2D eigenvalue weighted by molar-refractivity contribution is 0.480. The Morgan fingerprint density at radius 3 is 2.68 bits per heavy atom. The molecule has 0 atom stereocenters. The molecule has 0 unspecified atom stereocenters. The Morgan fingerprint density at radius 1 is 1.08 bits per heavy atom. The number of benzene rings is 3. The van der Waals surface area contributed by atoms with Crippen LogP contribution in [0.1, 0.15) is 6.92 Å². The fourth-order valence-corrected chi connectivity index (χ4v) is 3.71. The zero-order valence-corrected chi connectivity index (χ0v) is 14.2. The van der Waals surface area contributed by atoms with Gasteiger partial charge in [-0.05, 0) is 29.7 Å². The number of phenolic OH excluding ortho intramolecular Hbond substituents is 1. The van der Waals surface area contributed by atoms with Gasteiger partial charge < -0.3 is 9.52 Å². The van der Waals surface area contributed by atoms with E-state index in [1.807, 2.05) is 30.3 Å². The Hall–Kier alpha value is -2.86. The molecule has 0 radical (unpaired) electrons. The van der Waals surface area contributed by atoms with E-state index in [-0.39, 0.29) is 22.3 Å². The van der Waals surface area contributed by atoms with Crippen molar-refractivity contribution < 1.29 is 17.9 Å². The molecule has 3 aromatic carbocycles. The molecule has 0 aliphatic rings. The van der Waals surface area contributed by atoms with E-state index in [4.69, 9.17) is 4.42 Å². The third kappa shape index (κ3) is 2.55. The molecular formula is C19H15NO4S. The number of nitrogens with zero attached hydrogens (tertiary/aromatic N) is 1. The van der Waals surface area contributed by atoms with Crippen molar-refractivity contribution >= 4 is 31.7 Å². The van der Waals surface area contributed by atoms with Gasteiger partial charge in [-0.25, -0.2) is 13.4 Å². The number of phenols is 1. The summed E-state index contributed by atoms with van der Waals surface area (Å²) in [4.78, 5) is 4.58. The van der Waals surface area contributed by atoms with E-state index in [0.29, 0.717) is 22.0 Å². The van der Waals surface area contributed by atoms with Crippen LogP contribution in [0.2, 0.25) is 0 Å². The van der Waals surface area contributed by atoms with Crippen molar-refractivity contribution in [3.63, 3.8) is 0 Å². The van der Waals surface area contributed by atoms with Crippen molar-refractivity contribution in [3.05, 3.63) is 54.6 Å². The Balaban J connectivity index is 1.89. The van der Waals surface area contributed by atoms with Crippen molar-refractivity contribution in [2.75, 3.05) is 5.75 Å². The predicted octanol–water partition coefficient (Wildman–Crippen LogP) is 4.15. The maximum absolute atomic E-state index is 12.0. The first-order valence-electron chi connectivity index (χ1n) is 7.84. The maximum Gasteiger partial charge on any atom is 0.231 e. The van der Waals surface area contributed by atoms with Crippen LogP contribution in [0, 0.1) is 0 Å². The van der Waals surface area contributed by atoms with Gasteiger partial charge in [0.1, 0.15) is 11.3 Å². The molecule has 0 aliphatic carbocycles. The van der Waals surface area contributed by atoms with Crippen LogP contribution in [0.25, 0.3) is 33.3 Å². The van der Waals surface area contributed by atoms with Gasteiger partial charge in [-0.2, -0.15) is 0 Å². The number of oxazole rings is 1. The average Bonchev–Trinajstić information content (AvgIpc) is 3.05. The van der Waals surface area contributed by atoms with Crippen molar-refractivity contribution in [2.45, 2.75) is 11.8 Å². The minimum absolute atomic E-state index is 0.0225. The van der Waals surface area contributed by atoms with Gasteiger partial charge >= 0.3 is 0 Å². The highest BCUT2D eigenvalue weighted by atomic mass is 32.2. The normalized spacial score (nSPS) is 12.0. The van der Waals surface area contributed by atoms with Crippen LogP contribution in [0.5, 0.6) is 5.75 Å². The zero-order valence-electron chi connectivity index (χ0n) is 13.4. The minimum atomic E-state index is -3.31. The Kier molecular flexibility index (Phi) is 3.51. The maximum atomic E-state index is 12.0. The van der Waals surface area contributed by atoms with E-state index in [2.05, 4.69) is 4.98 Å². The summed E-state index contributed by atoms with van der Waals surface area (Å²) in [5, 5.41) is 12.2. The number of hydrogen-bond acceptors (Lipinski definition) is 5. The summed E-state index contributed by atoms with van der Waals surface area (Å²) in [5.74, 6) is 0.365. The fraction of sp³-hybridized carbons (Fsp3) is 0.105. The average molecular weight is 353 g/mol. The van der Waals surface area contributed by atoms with E-state index in [1.54, 1.807) is 19.1 Å². The molecule has 0 saturated carbocycles. The van der Waals surface area contributed by atoms with Gasteiger partial charge in [-0.3, -0.25) is 0 Å². The summed E-state index contributed by atoms with van der Waals surface area (Å²) in [7, 11) is -3.31. The highest BCUT2D eigenvalue weighted by Gasteiger charge is 2.17. The molecule has 1 aromatic heterocycles. The Bertz CT molecular complexity index is 1210. The van der Waals surface area contributed by atoms with Crippen LogP contribution in [0.4, 0.5) is 0 Å². The van der Waals surface area contributed by atoms with E-state index >= 15 is 0 Å². The molecule has 0 fully saturated rings. The number of sulfone groups is 1. The van der Waals surface area contributed by atoms with E-state index in [0.717, 1.165) is 5.39 Å².